The summed E-state index contributed by atoms with van der Waals surface area (Å²) in [6, 6.07) is 10.5. The number of anilines is 2. The second kappa shape index (κ2) is 5.25. The van der Waals surface area contributed by atoms with E-state index in [0.29, 0.717) is 6.42 Å². The highest BCUT2D eigenvalue weighted by Gasteiger charge is 2.22. The summed E-state index contributed by atoms with van der Waals surface area (Å²) in [4.78, 5) is 6.86. The summed E-state index contributed by atoms with van der Waals surface area (Å²) in [5, 5.41) is 9.91. The van der Waals surface area contributed by atoms with Gasteiger partial charge in [0.1, 0.15) is 5.82 Å². The first-order chi connectivity index (χ1) is 9.70. The summed E-state index contributed by atoms with van der Waals surface area (Å²) in [6.07, 6.45) is 3.17. The van der Waals surface area contributed by atoms with E-state index < -0.39 is 6.10 Å². The number of pyridine rings is 1. The number of aryl methyl sites for hydroxylation is 1. The van der Waals surface area contributed by atoms with E-state index in [0.717, 1.165) is 29.9 Å². The molecule has 1 aromatic carbocycles. The second-order valence-electron chi connectivity index (χ2n) is 5.36. The molecule has 2 heterocycles. The van der Waals surface area contributed by atoms with Crippen LogP contribution in [0.5, 0.6) is 0 Å². The van der Waals surface area contributed by atoms with Crippen molar-refractivity contribution in [2.75, 3.05) is 11.4 Å². The van der Waals surface area contributed by atoms with Crippen LogP contribution >= 0.6 is 0 Å². The Morgan fingerprint density at radius 2 is 2.15 bits per heavy atom. The van der Waals surface area contributed by atoms with Gasteiger partial charge in [0.2, 0.25) is 0 Å². The van der Waals surface area contributed by atoms with E-state index in [1.165, 1.54) is 11.3 Å². The van der Waals surface area contributed by atoms with E-state index in [2.05, 4.69) is 47.1 Å². The molecule has 0 amide bonds. The van der Waals surface area contributed by atoms with Crippen LogP contribution in [0.1, 0.15) is 36.1 Å². The highest BCUT2D eigenvalue weighted by atomic mass is 16.3. The maximum absolute atomic E-state index is 9.91. The molecule has 1 aliphatic heterocycles. The lowest BCUT2D eigenvalue weighted by atomic mass is 10.1. The Morgan fingerprint density at radius 1 is 1.35 bits per heavy atom. The van der Waals surface area contributed by atoms with Gasteiger partial charge in [-0.25, -0.2) is 4.98 Å². The molecule has 0 aliphatic carbocycles. The highest BCUT2D eigenvalue weighted by molar-refractivity contribution is 5.69. The molecule has 0 radical (unpaired) electrons. The number of fused-ring (bicyclic) bond motifs is 1. The number of hydrogen-bond acceptors (Lipinski definition) is 3. The lowest BCUT2D eigenvalue weighted by Crippen LogP contribution is -2.16. The minimum atomic E-state index is -0.416. The molecule has 104 valence electrons. The first-order valence-electron chi connectivity index (χ1n) is 7.20. The summed E-state index contributed by atoms with van der Waals surface area (Å²) in [5.41, 5.74) is 4.66. The molecule has 2 aromatic rings. The van der Waals surface area contributed by atoms with Crippen molar-refractivity contribution in [2.45, 2.75) is 32.8 Å². The number of rotatable bonds is 3. The van der Waals surface area contributed by atoms with Gasteiger partial charge in [-0.1, -0.05) is 25.1 Å². The van der Waals surface area contributed by atoms with E-state index in [4.69, 9.17) is 0 Å². The Kier molecular flexibility index (Phi) is 3.45. The fraction of sp³-hybridized carbons (Fsp3) is 0.353. The SMILES string of the molecule is CC[C@H](O)c1cnc(N2CCc3ccccc32)c(C)c1. The van der Waals surface area contributed by atoms with Crippen LogP contribution in [0.25, 0.3) is 0 Å². The lowest BCUT2D eigenvalue weighted by Gasteiger charge is -2.21. The Balaban J connectivity index is 1.96. The minimum absolute atomic E-state index is 0.416. The number of para-hydroxylation sites is 1. The first kappa shape index (κ1) is 13.1. The summed E-state index contributed by atoms with van der Waals surface area (Å²) >= 11 is 0. The number of benzene rings is 1. The molecule has 0 unspecified atom stereocenters. The van der Waals surface area contributed by atoms with Gasteiger partial charge in [0, 0.05) is 18.4 Å². The fourth-order valence-electron chi connectivity index (χ4n) is 2.85. The molecule has 0 spiro atoms. The zero-order chi connectivity index (χ0) is 14.1. The number of aliphatic hydroxyl groups is 1. The van der Waals surface area contributed by atoms with Crippen LogP contribution in [0.3, 0.4) is 0 Å². The molecule has 0 saturated carbocycles. The van der Waals surface area contributed by atoms with Crippen LogP contribution in [-0.4, -0.2) is 16.6 Å². The highest BCUT2D eigenvalue weighted by Crippen LogP contribution is 2.35. The quantitative estimate of drug-likeness (QED) is 0.925. The molecule has 20 heavy (non-hydrogen) atoms. The van der Waals surface area contributed by atoms with Crippen LogP contribution < -0.4 is 4.90 Å². The van der Waals surface area contributed by atoms with Crippen LogP contribution in [0.4, 0.5) is 11.5 Å². The van der Waals surface area contributed by atoms with Gasteiger partial charge in [-0.2, -0.15) is 0 Å². The molecule has 3 rings (SSSR count). The van der Waals surface area contributed by atoms with E-state index in [1.807, 2.05) is 6.92 Å². The monoisotopic (exact) mass is 268 g/mol. The Morgan fingerprint density at radius 3 is 2.90 bits per heavy atom. The van der Waals surface area contributed by atoms with Crippen molar-refractivity contribution >= 4 is 11.5 Å². The lowest BCUT2D eigenvalue weighted by molar-refractivity contribution is 0.173. The summed E-state index contributed by atoms with van der Waals surface area (Å²) in [7, 11) is 0. The average molecular weight is 268 g/mol. The standard InChI is InChI=1S/C17H20N2O/c1-3-16(20)14-10-12(2)17(18-11-14)19-9-8-13-6-4-5-7-15(13)19/h4-7,10-11,16,20H,3,8-9H2,1-2H3/t16-/m0/s1. The van der Waals surface area contributed by atoms with Crippen molar-refractivity contribution in [1.82, 2.24) is 4.98 Å². The summed E-state index contributed by atoms with van der Waals surface area (Å²) in [5.74, 6) is 1.00. The Hall–Kier alpha value is -1.87. The number of hydrogen-bond donors (Lipinski definition) is 1. The van der Waals surface area contributed by atoms with Crippen LogP contribution in [-0.2, 0) is 6.42 Å². The van der Waals surface area contributed by atoms with Crippen molar-refractivity contribution in [3.63, 3.8) is 0 Å². The molecule has 1 aliphatic rings. The van der Waals surface area contributed by atoms with Gasteiger partial charge in [-0.05, 0) is 48.6 Å². The molecule has 1 aromatic heterocycles. The maximum Gasteiger partial charge on any atom is 0.135 e. The van der Waals surface area contributed by atoms with Crippen LogP contribution in [0.15, 0.2) is 36.5 Å². The molecule has 0 fully saturated rings. The van der Waals surface area contributed by atoms with Crippen molar-refractivity contribution < 1.29 is 5.11 Å². The van der Waals surface area contributed by atoms with E-state index in [-0.39, 0.29) is 0 Å². The van der Waals surface area contributed by atoms with Gasteiger partial charge in [0.25, 0.3) is 0 Å². The molecule has 3 heteroatoms. The van der Waals surface area contributed by atoms with Gasteiger partial charge in [0.05, 0.1) is 6.10 Å². The van der Waals surface area contributed by atoms with Gasteiger partial charge >= 0.3 is 0 Å². The van der Waals surface area contributed by atoms with Crippen molar-refractivity contribution in [2.24, 2.45) is 0 Å². The number of nitrogens with zero attached hydrogens (tertiary/aromatic N) is 2. The molecule has 0 saturated heterocycles. The average Bonchev–Trinajstić information content (AvgIpc) is 2.90. The smallest absolute Gasteiger partial charge is 0.135 e. The first-order valence-corrected chi connectivity index (χ1v) is 7.20. The van der Waals surface area contributed by atoms with Crippen LogP contribution in [0, 0.1) is 6.92 Å². The fourth-order valence-corrected chi connectivity index (χ4v) is 2.85. The minimum Gasteiger partial charge on any atom is -0.388 e. The largest absolute Gasteiger partial charge is 0.388 e. The predicted molar refractivity (Wildman–Crippen MR) is 81.4 cm³/mol. The second-order valence-corrected chi connectivity index (χ2v) is 5.36. The van der Waals surface area contributed by atoms with E-state index in [1.54, 1.807) is 6.20 Å². The van der Waals surface area contributed by atoms with Crippen molar-refractivity contribution in [3.05, 3.63) is 53.2 Å². The molecule has 1 atom stereocenters. The molecule has 0 bridgehead atoms. The Labute approximate surface area is 119 Å². The van der Waals surface area contributed by atoms with Gasteiger partial charge in [-0.3, -0.25) is 0 Å². The topological polar surface area (TPSA) is 36.4 Å². The molecular weight excluding hydrogens is 248 g/mol. The van der Waals surface area contributed by atoms with Gasteiger partial charge in [0.15, 0.2) is 0 Å². The third-order valence-electron chi connectivity index (χ3n) is 3.99. The van der Waals surface area contributed by atoms with E-state index >= 15 is 0 Å². The van der Waals surface area contributed by atoms with Gasteiger partial charge < -0.3 is 10.0 Å². The number of aliphatic hydroxyl groups excluding tert-OH is 1. The zero-order valence-corrected chi connectivity index (χ0v) is 12.0. The summed E-state index contributed by atoms with van der Waals surface area (Å²) in [6.45, 7) is 5.02. The zero-order valence-electron chi connectivity index (χ0n) is 12.0. The van der Waals surface area contributed by atoms with Crippen LogP contribution in [0.2, 0.25) is 0 Å². The third kappa shape index (κ3) is 2.18. The van der Waals surface area contributed by atoms with Crippen molar-refractivity contribution in [1.29, 1.82) is 0 Å². The molecule has 1 N–H and O–H groups in total. The predicted octanol–water partition coefficient (Wildman–Crippen LogP) is 3.53. The molecule has 3 nitrogen and oxygen atoms in total. The van der Waals surface area contributed by atoms with Gasteiger partial charge in [-0.15, -0.1) is 0 Å². The third-order valence-corrected chi connectivity index (χ3v) is 3.99. The molecular formula is C17H20N2O. The number of aromatic nitrogens is 1. The normalized spacial score (nSPS) is 15.2. The Bertz CT molecular complexity index is 624. The van der Waals surface area contributed by atoms with E-state index in [9.17, 15) is 5.11 Å². The summed E-state index contributed by atoms with van der Waals surface area (Å²) < 4.78 is 0. The van der Waals surface area contributed by atoms with Crippen molar-refractivity contribution in [3.8, 4) is 0 Å². The maximum atomic E-state index is 9.91.